The summed E-state index contributed by atoms with van der Waals surface area (Å²) in [6, 6.07) is 11.4. The second-order valence-corrected chi connectivity index (χ2v) is 7.91. The highest BCUT2D eigenvalue weighted by atomic mass is 32.1. The Morgan fingerprint density at radius 2 is 1.91 bits per heavy atom. The van der Waals surface area contributed by atoms with Gasteiger partial charge in [-0.15, -0.1) is 11.3 Å². The smallest absolute Gasteiger partial charge is 0.387 e. The SMILES string of the molecule is CCOc1cc(C(=O)OC(C)C(=O)N(C)Cc2nc3ccccc3s2)ccc1OC(F)F. The van der Waals surface area contributed by atoms with Crippen LogP contribution in [0, 0.1) is 0 Å². The summed E-state index contributed by atoms with van der Waals surface area (Å²) in [6.07, 6.45) is -1.06. The molecule has 0 saturated heterocycles. The standard InChI is InChI=1S/C22H22F2N2O5S/c1-4-29-17-11-14(9-10-16(17)31-22(23)24)21(28)30-13(2)20(27)26(3)12-19-25-15-7-5-6-8-18(15)32-19/h5-11,13,22H,4,12H2,1-3H3. The number of hydrogen-bond acceptors (Lipinski definition) is 7. The molecule has 0 fully saturated rings. The molecule has 1 aromatic heterocycles. The molecule has 1 heterocycles. The monoisotopic (exact) mass is 464 g/mol. The van der Waals surface area contributed by atoms with Crippen LogP contribution in [0.25, 0.3) is 10.2 Å². The molecule has 0 saturated carbocycles. The lowest BCUT2D eigenvalue weighted by Crippen LogP contribution is -2.37. The molecule has 10 heteroatoms. The number of rotatable bonds is 9. The Hall–Kier alpha value is -3.27. The van der Waals surface area contributed by atoms with E-state index in [1.165, 1.54) is 41.4 Å². The molecule has 1 amide bonds. The van der Waals surface area contributed by atoms with Gasteiger partial charge < -0.3 is 19.1 Å². The Balaban J connectivity index is 1.64. The predicted octanol–water partition coefficient (Wildman–Crippen LogP) is 4.50. The van der Waals surface area contributed by atoms with Gasteiger partial charge in [0.2, 0.25) is 0 Å². The number of nitrogens with zero attached hydrogens (tertiary/aromatic N) is 2. The van der Waals surface area contributed by atoms with Crippen molar-refractivity contribution in [2.24, 2.45) is 0 Å². The first-order valence-corrected chi connectivity index (χ1v) is 10.6. The third-order valence-electron chi connectivity index (χ3n) is 4.41. The summed E-state index contributed by atoms with van der Waals surface area (Å²) in [7, 11) is 1.60. The number of amides is 1. The Morgan fingerprint density at radius 1 is 1.16 bits per heavy atom. The molecule has 1 atom stereocenters. The van der Waals surface area contributed by atoms with E-state index in [4.69, 9.17) is 9.47 Å². The number of para-hydroxylation sites is 1. The lowest BCUT2D eigenvalue weighted by molar-refractivity contribution is -0.139. The second-order valence-electron chi connectivity index (χ2n) is 6.79. The summed E-state index contributed by atoms with van der Waals surface area (Å²) in [5.74, 6) is -1.41. The number of aromatic nitrogens is 1. The number of likely N-dealkylation sites (N-methyl/N-ethyl adjacent to an activating group) is 1. The summed E-state index contributed by atoms with van der Waals surface area (Å²) in [5.41, 5.74) is 0.903. The normalized spacial score (nSPS) is 11.9. The minimum atomic E-state index is -3.03. The van der Waals surface area contributed by atoms with Crippen molar-refractivity contribution in [3.05, 3.63) is 53.0 Å². The van der Waals surface area contributed by atoms with Gasteiger partial charge in [0, 0.05) is 7.05 Å². The summed E-state index contributed by atoms with van der Waals surface area (Å²) in [5, 5.41) is 0.761. The number of benzene rings is 2. The number of thiazole rings is 1. The fourth-order valence-electron chi connectivity index (χ4n) is 2.95. The molecule has 0 N–H and O–H groups in total. The minimum absolute atomic E-state index is 0.0193. The third kappa shape index (κ3) is 5.70. The highest BCUT2D eigenvalue weighted by Crippen LogP contribution is 2.30. The molecule has 0 aliphatic carbocycles. The lowest BCUT2D eigenvalue weighted by atomic mass is 10.2. The summed E-state index contributed by atoms with van der Waals surface area (Å²) in [6.45, 7) is 0.555. The van der Waals surface area contributed by atoms with E-state index in [1.54, 1.807) is 14.0 Å². The highest BCUT2D eigenvalue weighted by Gasteiger charge is 2.24. The van der Waals surface area contributed by atoms with Crippen LogP contribution >= 0.6 is 11.3 Å². The molecule has 0 aliphatic rings. The van der Waals surface area contributed by atoms with Gasteiger partial charge in [0.25, 0.3) is 5.91 Å². The van der Waals surface area contributed by atoms with Crippen LogP contribution in [0.1, 0.15) is 29.2 Å². The molecule has 3 rings (SSSR count). The zero-order valence-corrected chi connectivity index (χ0v) is 18.5. The average Bonchev–Trinajstić information content (AvgIpc) is 3.16. The zero-order valence-electron chi connectivity index (χ0n) is 17.7. The van der Waals surface area contributed by atoms with E-state index < -0.39 is 24.6 Å². The van der Waals surface area contributed by atoms with Crippen molar-refractivity contribution in [2.75, 3.05) is 13.7 Å². The molecule has 7 nitrogen and oxygen atoms in total. The van der Waals surface area contributed by atoms with Crippen LogP contribution < -0.4 is 9.47 Å². The van der Waals surface area contributed by atoms with Gasteiger partial charge >= 0.3 is 12.6 Å². The van der Waals surface area contributed by atoms with Crippen molar-refractivity contribution in [3.8, 4) is 11.5 Å². The molecule has 0 bridgehead atoms. The number of alkyl halides is 2. The summed E-state index contributed by atoms with van der Waals surface area (Å²) in [4.78, 5) is 31.1. The van der Waals surface area contributed by atoms with Crippen LogP contribution in [0.2, 0.25) is 0 Å². The Bertz CT molecular complexity index is 1070. The van der Waals surface area contributed by atoms with E-state index in [2.05, 4.69) is 9.72 Å². The van der Waals surface area contributed by atoms with E-state index in [9.17, 15) is 18.4 Å². The maximum absolute atomic E-state index is 12.7. The van der Waals surface area contributed by atoms with Gasteiger partial charge in [-0.3, -0.25) is 4.79 Å². The van der Waals surface area contributed by atoms with Crippen molar-refractivity contribution in [1.82, 2.24) is 9.88 Å². The second kappa shape index (κ2) is 10.4. The average molecular weight is 464 g/mol. The van der Waals surface area contributed by atoms with E-state index in [-0.39, 0.29) is 30.2 Å². The van der Waals surface area contributed by atoms with Gasteiger partial charge in [-0.2, -0.15) is 8.78 Å². The number of halogens is 2. The molecule has 32 heavy (non-hydrogen) atoms. The highest BCUT2D eigenvalue weighted by molar-refractivity contribution is 7.18. The molecular weight excluding hydrogens is 442 g/mol. The molecule has 0 aliphatic heterocycles. The largest absolute Gasteiger partial charge is 0.490 e. The first kappa shape index (κ1) is 23.4. The number of hydrogen-bond donors (Lipinski definition) is 0. The van der Waals surface area contributed by atoms with Gasteiger partial charge in [0.05, 0.1) is 28.9 Å². The van der Waals surface area contributed by atoms with Gasteiger partial charge in [0.15, 0.2) is 17.6 Å². The molecule has 170 valence electrons. The van der Waals surface area contributed by atoms with Gasteiger partial charge in [-0.1, -0.05) is 12.1 Å². The Kier molecular flexibility index (Phi) is 7.57. The Morgan fingerprint density at radius 3 is 2.59 bits per heavy atom. The number of ether oxygens (including phenoxy) is 3. The summed E-state index contributed by atoms with van der Waals surface area (Å²) < 4.78 is 41.0. The lowest BCUT2D eigenvalue weighted by Gasteiger charge is -2.20. The topological polar surface area (TPSA) is 78.0 Å². The molecule has 0 spiro atoms. The van der Waals surface area contributed by atoms with E-state index in [1.807, 2.05) is 24.3 Å². The van der Waals surface area contributed by atoms with Crippen LogP contribution in [0.5, 0.6) is 11.5 Å². The third-order valence-corrected chi connectivity index (χ3v) is 5.43. The zero-order chi connectivity index (χ0) is 23.3. The van der Waals surface area contributed by atoms with Crippen molar-refractivity contribution < 1.29 is 32.6 Å². The molecular formula is C22H22F2N2O5S. The first-order valence-electron chi connectivity index (χ1n) is 9.80. The fraction of sp³-hybridized carbons (Fsp3) is 0.318. The van der Waals surface area contributed by atoms with E-state index in [0.29, 0.717) is 0 Å². The Labute approximate surface area is 187 Å². The predicted molar refractivity (Wildman–Crippen MR) is 115 cm³/mol. The number of carbonyl (C=O) groups excluding carboxylic acids is 2. The van der Waals surface area contributed by atoms with Crippen LogP contribution in [0.4, 0.5) is 8.78 Å². The van der Waals surface area contributed by atoms with Gasteiger partial charge in [-0.05, 0) is 44.2 Å². The van der Waals surface area contributed by atoms with E-state index >= 15 is 0 Å². The number of esters is 1. The fourth-order valence-corrected chi connectivity index (χ4v) is 3.98. The maximum Gasteiger partial charge on any atom is 0.387 e. The van der Waals surface area contributed by atoms with Crippen molar-refractivity contribution in [1.29, 1.82) is 0 Å². The maximum atomic E-state index is 12.7. The first-order chi connectivity index (χ1) is 15.3. The molecule has 0 radical (unpaired) electrons. The van der Waals surface area contributed by atoms with Gasteiger partial charge in [-0.25, -0.2) is 9.78 Å². The van der Waals surface area contributed by atoms with Crippen LogP contribution in [0.15, 0.2) is 42.5 Å². The molecule has 1 unspecified atom stereocenters. The molecule has 3 aromatic rings. The summed E-state index contributed by atoms with van der Waals surface area (Å²) >= 11 is 1.49. The van der Waals surface area contributed by atoms with Crippen LogP contribution in [-0.2, 0) is 16.1 Å². The van der Waals surface area contributed by atoms with Crippen molar-refractivity contribution >= 4 is 33.4 Å². The minimum Gasteiger partial charge on any atom is -0.490 e. The quantitative estimate of drug-likeness (QED) is 0.434. The van der Waals surface area contributed by atoms with Crippen molar-refractivity contribution in [3.63, 3.8) is 0 Å². The van der Waals surface area contributed by atoms with Crippen LogP contribution in [0.3, 0.4) is 0 Å². The number of carbonyl (C=O) groups is 2. The van der Waals surface area contributed by atoms with Crippen molar-refractivity contribution in [2.45, 2.75) is 33.1 Å². The van der Waals surface area contributed by atoms with E-state index in [0.717, 1.165) is 15.2 Å². The van der Waals surface area contributed by atoms with Gasteiger partial charge in [0.1, 0.15) is 5.01 Å². The molecule has 2 aromatic carbocycles. The number of fused-ring (bicyclic) bond motifs is 1. The van der Waals surface area contributed by atoms with Crippen LogP contribution in [-0.4, -0.2) is 48.1 Å².